The molecule has 0 fully saturated rings. The number of rotatable bonds is 5. The number of fused-ring (bicyclic) bond motifs is 1. The number of hydrogen-bond acceptors (Lipinski definition) is 6. The predicted molar refractivity (Wildman–Crippen MR) is 131 cm³/mol. The van der Waals surface area contributed by atoms with Crippen molar-refractivity contribution in [2.75, 3.05) is 7.11 Å². The second kappa shape index (κ2) is 8.67. The first-order valence-corrected chi connectivity index (χ1v) is 10.6. The van der Waals surface area contributed by atoms with Crippen LogP contribution < -0.4 is 10.3 Å². The molecule has 168 valence electrons. The molecule has 8 nitrogen and oxygen atoms in total. The van der Waals surface area contributed by atoms with Gasteiger partial charge >= 0.3 is 0 Å². The van der Waals surface area contributed by atoms with Gasteiger partial charge in [-0.1, -0.05) is 42.5 Å². The number of aromatic hydroxyl groups is 1. The molecule has 0 saturated heterocycles. The molecule has 5 aromatic rings. The lowest BCUT2D eigenvalue weighted by Gasteiger charge is -2.10. The van der Waals surface area contributed by atoms with E-state index in [1.54, 1.807) is 38.3 Å². The van der Waals surface area contributed by atoms with E-state index in [0.29, 0.717) is 45.0 Å². The summed E-state index contributed by atoms with van der Waals surface area (Å²) in [6.07, 6.45) is 1.43. The van der Waals surface area contributed by atoms with Crippen LogP contribution in [0.25, 0.3) is 28.0 Å². The van der Waals surface area contributed by atoms with E-state index in [9.17, 15) is 9.90 Å². The van der Waals surface area contributed by atoms with Gasteiger partial charge in [0.25, 0.3) is 5.56 Å². The van der Waals surface area contributed by atoms with Crippen LogP contribution in [0.1, 0.15) is 11.3 Å². The number of benzene rings is 3. The van der Waals surface area contributed by atoms with Crippen LogP contribution in [0.4, 0.5) is 0 Å². The Morgan fingerprint density at radius 1 is 1.00 bits per heavy atom. The van der Waals surface area contributed by atoms with E-state index in [4.69, 9.17) is 9.72 Å². The first-order valence-electron chi connectivity index (χ1n) is 10.6. The maximum atomic E-state index is 13.4. The second-order valence-corrected chi connectivity index (χ2v) is 7.62. The standard InChI is InChI=1S/C26H21N5O3/c1-17-22(26(33)30(29-17)19-10-4-3-5-11-19)16-27-31-24(18-9-8-12-20(15-18)34-2)28-23-14-7-6-13-21(23)25(31)32/h3-16,33H,1-2H3/b27-16+. The Morgan fingerprint density at radius 3 is 2.56 bits per heavy atom. The average Bonchev–Trinajstić information content (AvgIpc) is 3.17. The predicted octanol–water partition coefficient (Wildman–Crippen LogP) is 4.15. The Labute approximate surface area is 195 Å². The van der Waals surface area contributed by atoms with E-state index in [0.717, 1.165) is 0 Å². The summed E-state index contributed by atoms with van der Waals surface area (Å²) in [5.74, 6) is 0.914. The second-order valence-electron chi connectivity index (χ2n) is 7.62. The molecule has 0 saturated carbocycles. The molecule has 2 heterocycles. The van der Waals surface area contributed by atoms with Gasteiger partial charge in [0.2, 0.25) is 5.88 Å². The van der Waals surface area contributed by atoms with Crippen LogP contribution in [0, 0.1) is 6.92 Å². The van der Waals surface area contributed by atoms with Crippen molar-refractivity contribution in [2.45, 2.75) is 6.92 Å². The largest absolute Gasteiger partial charge is 0.497 e. The van der Waals surface area contributed by atoms with Crippen molar-refractivity contribution >= 4 is 17.1 Å². The average molecular weight is 451 g/mol. The molecule has 3 aromatic carbocycles. The van der Waals surface area contributed by atoms with Crippen molar-refractivity contribution in [3.63, 3.8) is 0 Å². The Hall–Kier alpha value is -4.72. The summed E-state index contributed by atoms with van der Waals surface area (Å²) >= 11 is 0. The number of aromatic nitrogens is 4. The van der Waals surface area contributed by atoms with Gasteiger partial charge in [-0.3, -0.25) is 4.79 Å². The van der Waals surface area contributed by atoms with E-state index in [1.165, 1.54) is 15.6 Å². The number of nitrogens with zero attached hydrogens (tertiary/aromatic N) is 5. The van der Waals surface area contributed by atoms with Crippen molar-refractivity contribution in [3.8, 4) is 28.7 Å². The molecule has 2 aromatic heterocycles. The highest BCUT2D eigenvalue weighted by Crippen LogP contribution is 2.25. The molecule has 8 heteroatoms. The lowest BCUT2D eigenvalue weighted by Crippen LogP contribution is -2.20. The van der Waals surface area contributed by atoms with Gasteiger partial charge in [-0.05, 0) is 43.3 Å². The molecule has 0 aliphatic carbocycles. The summed E-state index contributed by atoms with van der Waals surface area (Å²) in [6, 6.07) is 23.7. The summed E-state index contributed by atoms with van der Waals surface area (Å²) in [6.45, 7) is 1.77. The van der Waals surface area contributed by atoms with Crippen LogP contribution in [0.3, 0.4) is 0 Å². The number of hydrogen-bond donors (Lipinski definition) is 1. The zero-order valence-corrected chi connectivity index (χ0v) is 18.6. The summed E-state index contributed by atoms with van der Waals surface area (Å²) in [5, 5.41) is 20.1. The normalized spacial score (nSPS) is 11.4. The molecular weight excluding hydrogens is 430 g/mol. The van der Waals surface area contributed by atoms with E-state index >= 15 is 0 Å². The maximum absolute atomic E-state index is 13.4. The Balaban J connectivity index is 1.68. The fourth-order valence-corrected chi connectivity index (χ4v) is 3.72. The first-order chi connectivity index (χ1) is 16.6. The fourth-order valence-electron chi connectivity index (χ4n) is 3.72. The molecule has 0 radical (unpaired) electrons. The molecule has 0 bridgehead atoms. The molecule has 5 rings (SSSR count). The maximum Gasteiger partial charge on any atom is 0.282 e. The minimum absolute atomic E-state index is 0.0721. The van der Waals surface area contributed by atoms with Crippen molar-refractivity contribution in [1.29, 1.82) is 0 Å². The lowest BCUT2D eigenvalue weighted by molar-refractivity contribution is 0.415. The Bertz CT molecular complexity index is 1590. The molecule has 0 amide bonds. The van der Waals surface area contributed by atoms with Crippen LogP contribution in [0.15, 0.2) is 88.8 Å². The monoisotopic (exact) mass is 451 g/mol. The summed E-state index contributed by atoms with van der Waals surface area (Å²) in [7, 11) is 1.58. The summed E-state index contributed by atoms with van der Waals surface area (Å²) in [5.41, 5.74) is 2.58. The highest BCUT2D eigenvalue weighted by atomic mass is 16.5. The van der Waals surface area contributed by atoms with Gasteiger partial charge in [-0.25, -0.2) is 9.67 Å². The van der Waals surface area contributed by atoms with Crippen LogP contribution in [-0.4, -0.2) is 37.9 Å². The molecule has 0 unspecified atom stereocenters. The SMILES string of the molecule is COc1cccc(-c2nc3ccccc3c(=O)n2/N=C/c2c(C)nn(-c3ccccc3)c2O)c1. The van der Waals surface area contributed by atoms with Crippen LogP contribution in [0.2, 0.25) is 0 Å². The van der Waals surface area contributed by atoms with E-state index < -0.39 is 0 Å². The number of ether oxygens (including phenoxy) is 1. The minimum Gasteiger partial charge on any atom is -0.497 e. The van der Waals surface area contributed by atoms with Crippen molar-refractivity contribution < 1.29 is 9.84 Å². The van der Waals surface area contributed by atoms with Crippen LogP contribution in [0.5, 0.6) is 11.6 Å². The highest BCUT2D eigenvalue weighted by molar-refractivity contribution is 5.85. The van der Waals surface area contributed by atoms with Gasteiger partial charge in [0, 0.05) is 5.56 Å². The zero-order valence-electron chi connectivity index (χ0n) is 18.6. The smallest absolute Gasteiger partial charge is 0.282 e. The van der Waals surface area contributed by atoms with Gasteiger partial charge in [-0.15, -0.1) is 0 Å². The van der Waals surface area contributed by atoms with E-state index in [-0.39, 0.29) is 11.4 Å². The van der Waals surface area contributed by atoms with Crippen LogP contribution in [-0.2, 0) is 0 Å². The Kier molecular flexibility index (Phi) is 5.39. The molecule has 0 atom stereocenters. The molecule has 1 N–H and O–H groups in total. The van der Waals surface area contributed by atoms with E-state index in [2.05, 4.69) is 10.2 Å². The summed E-state index contributed by atoms with van der Waals surface area (Å²) < 4.78 is 8.01. The van der Waals surface area contributed by atoms with Crippen molar-refractivity contribution in [3.05, 3.63) is 100 Å². The minimum atomic E-state index is -0.327. The van der Waals surface area contributed by atoms with Gasteiger partial charge in [0.05, 0.1) is 41.2 Å². The van der Waals surface area contributed by atoms with Crippen LogP contribution >= 0.6 is 0 Å². The van der Waals surface area contributed by atoms with Gasteiger partial charge in [0.15, 0.2) is 5.82 Å². The third kappa shape index (κ3) is 3.71. The third-order valence-corrected chi connectivity index (χ3v) is 5.47. The topological polar surface area (TPSA) is 94.5 Å². The quantitative estimate of drug-likeness (QED) is 0.405. The molecule has 0 aliphatic heterocycles. The molecule has 0 spiro atoms. The number of para-hydroxylation sites is 2. The van der Waals surface area contributed by atoms with E-state index in [1.807, 2.05) is 54.6 Å². The fraction of sp³-hybridized carbons (Fsp3) is 0.0769. The Morgan fingerprint density at radius 2 is 1.76 bits per heavy atom. The molecule has 34 heavy (non-hydrogen) atoms. The number of methoxy groups -OCH3 is 1. The molecule has 0 aliphatic rings. The summed E-state index contributed by atoms with van der Waals surface area (Å²) in [4.78, 5) is 18.1. The van der Waals surface area contributed by atoms with Gasteiger partial charge < -0.3 is 9.84 Å². The number of aryl methyl sites for hydroxylation is 1. The van der Waals surface area contributed by atoms with Gasteiger partial charge in [0.1, 0.15) is 5.75 Å². The lowest BCUT2D eigenvalue weighted by atomic mass is 10.2. The van der Waals surface area contributed by atoms with Crippen molar-refractivity contribution in [1.82, 2.24) is 19.4 Å². The van der Waals surface area contributed by atoms with Gasteiger partial charge in [-0.2, -0.15) is 14.9 Å². The molecular formula is C26H21N5O3. The first kappa shape index (κ1) is 21.1. The highest BCUT2D eigenvalue weighted by Gasteiger charge is 2.16. The third-order valence-electron chi connectivity index (χ3n) is 5.47. The zero-order chi connectivity index (χ0) is 23.7. The van der Waals surface area contributed by atoms with Crippen molar-refractivity contribution in [2.24, 2.45) is 5.10 Å².